The van der Waals surface area contributed by atoms with Crippen molar-refractivity contribution in [2.75, 3.05) is 11.4 Å². The summed E-state index contributed by atoms with van der Waals surface area (Å²) < 4.78 is 42.8. The third-order valence-corrected chi connectivity index (χ3v) is 8.83. The van der Waals surface area contributed by atoms with E-state index in [0.717, 1.165) is 30.3 Å². The second-order valence-electron chi connectivity index (χ2n) is 11.2. The molecule has 7 rings (SSSR count). The molecule has 5 aromatic rings. The molecule has 0 amide bonds. The smallest absolute Gasteiger partial charge is 0.298 e. The maximum absolute atomic E-state index is 13.9. The van der Waals surface area contributed by atoms with Gasteiger partial charge >= 0.3 is 0 Å². The SMILES string of the molecule is CC1CCCCC1n1c(O[C@H]2C[C@@H](C)N(c3nc(C(F)F)nc4c3oc3ccccc34)C2)nc2cccc(Cl)c21. The number of hydrogen-bond donors (Lipinski definition) is 0. The predicted molar refractivity (Wildman–Crippen MR) is 152 cm³/mol. The van der Waals surface area contributed by atoms with E-state index < -0.39 is 12.2 Å². The lowest BCUT2D eigenvalue weighted by Crippen LogP contribution is -2.30. The molecule has 4 atom stereocenters. The van der Waals surface area contributed by atoms with Gasteiger partial charge in [-0.15, -0.1) is 0 Å². The lowest BCUT2D eigenvalue weighted by atomic mass is 9.85. The number of nitrogens with zero attached hydrogens (tertiary/aromatic N) is 5. The van der Waals surface area contributed by atoms with E-state index in [1.54, 1.807) is 0 Å². The van der Waals surface area contributed by atoms with E-state index in [-0.39, 0.29) is 18.2 Å². The number of fused-ring (bicyclic) bond motifs is 4. The number of anilines is 1. The highest BCUT2D eigenvalue weighted by Gasteiger charge is 2.37. The molecular formula is C30H30ClF2N5O2. The van der Waals surface area contributed by atoms with Crippen molar-refractivity contribution in [3.63, 3.8) is 0 Å². The van der Waals surface area contributed by atoms with Gasteiger partial charge in [0.1, 0.15) is 17.2 Å². The van der Waals surface area contributed by atoms with Crippen LogP contribution in [0.1, 0.15) is 64.2 Å². The fourth-order valence-corrected chi connectivity index (χ4v) is 6.81. The van der Waals surface area contributed by atoms with Gasteiger partial charge in [-0.1, -0.05) is 49.6 Å². The van der Waals surface area contributed by atoms with E-state index in [0.29, 0.717) is 57.8 Å². The molecule has 0 bridgehead atoms. The Morgan fingerprint density at radius 1 is 1.02 bits per heavy atom. The van der Waals surface area contributed by atoms with Gasteiger partial charge in [-0.2, -0.15) is 4.98 Å². The Hall–Kier alpha value is -3.46. The van der Waals surface area contributed by atoms with Gasteiger partial charge in [-0.3, -0.25) is 4.57 Å². The summed E-state index contributed by atoms with van der Waals surface area (Å²) in [5, 5.41) is 1.35. The highest BCUT2D eigenvalue weighted by Crippen LogP contribution is 2.42. The van der Waals surface area contributed by atoms with Gasteiger partial charge in [0.15, 0.2) is 17.2 Å². The van der Waals surface area contributed by atoms with Crippen LogP contribution in [0, 0.1) is 5.92 Å². The Morgan fingerprint density at radius 2 is 1.85 bits per heavy atom. The number of hydrogen-bond acceptors (Lipinski definition) is 6. The topological polar surface area (TPSA) is 69.2 Å². The molecule has 0 spiro atoms. The van der Waals surface area contributed by atoms with Crippen LogP contribution in [0.5, 0.6) is 6.01 Å². The zero-order valence-corrected chi connectivity index (χ0v) is 23.1. The highest BCUT2D eigenvalue weighted by molar-refractivity contribution is 6.35. The maximum Gasteiger partial charge on any atom is 0.298 e. The molecule has 0 radical (unpaired) electrons. The summed E-state index contributed by atoms with van der Waals surface area (Å²) in [6.07, 6.45) is 2.21. The molecule has 208 valence electrons. The molecule has 1 aliphatic carbocycles. The zero-order chi connectivity index (χ0) is 27.5. The van der Waals surface area contributed by atoms with Gasteiger partial charge in [0.2, 0.25) is 0 Å². The lowest BCUT2D eigenvalue weighted by Gasteiger charge is -2.31. The molecule has 1 saturated carbocycles. The van der Waals surface area contributed by atoms with E-state index in [2.05, 4.69) is 21.5 Å². The predicted octanol–water partition coefficient (Wildman–Crippen LogP) is 8.11. The molecule has 0 N–H and O–H groups in total. The minimum absolute atomic E-state index is 0.0307. The number of ether oxygens (including phenoxy) is 1. The first-order valence-corrected chi connectivity index (χ1v) is 14.3. The van der Waals surface area contributed by atoms with Gasteiger partial charge in [0.25, 0.3) is 12.4 Å². The van der Waals surface area contributed by atoms with Crippen LogP contribution in [0.4, 0.5) is 14.6 Å². The number of para-hydroxylation sites is 2. The van der Waals surface area contributed by atoms with Gasteiger partial charge < -0.3 is 14.1 Å². The van der Waals surface area contributed by atoms with Crippen LogP contribution < -0.4 is 9.64 Å². The van der Waals surface area contributed by atoms with Crippen LogP contribution in [0.25, 0.3) is 33.1 Å². The third-order valence-electron chi connectivity index (χ3n) is 8.52. The first kappa shape index (κ1) is 25.5. The lowest BCUT2D eigenvalue weighted by molar-refractivity contribution is 0.141. The summed E-state index contributed by atoms with van der Waals surface area (Å²) in [7, 11) is 0. The molecule has 2 aromatic carbocycles. The van der Waals surface area contributed by atoms with Crippen molar-refractivity contribution in [1.82, 2.24) is 19.5 Å². The number of furan rings is 1. The van der Waals surface area contributed by atoms with E-state index in [1.807, 2.05) is 54.3 Å². The summed E-state index contributed by atoms with van der Waals surface area (Å²) in [6, 6.07) is 13.9. The van der Waals surface area contributed by atoms with Gasteiger partial charge in [0, 0.05) is 23.9 Å². The number of imidazole rings is 1. The average molecular weight is 566 g/mol. The Balaban J connectivity index is 1.26. The van der Waals surface area contributed by atoms with Crippen LogP contribution in [-0.4, -0.2) is 38.2 Å². The molecular weight excluding hydrogens is 536 g/mol. The van der Waals surface area contributed by atoms with Crippen molar-refractivity contribution in [3.05, 3.63) is 53.3 Å². The van der Waals surface area contributed by atoms with Gasteiger partial charge in [0.05, 0.1) is 22.6 Å². The first-order valence-electron chi connectivity index (χ1n) is 14.0. The minimum atomic E-state index is -2.80. The van der Waals surface area contributed by atoms with Crippen LogP contribution in [0.15, 0.2) is 46.9 Å². The average Bonchev–Trinajstić information content (AvgIpc) is 3.61. The molecule has 2 aliphatic rings. The summed E-state index contributed by atoms with van der Waals surface area (Å²) in [4.78, 5) is 15.3. The van der Waals surface area contributed by atoms with E-state index in [4.69, 9.17) is 25.7 Å². The molecule has 3 aromatic heterocycles. The molecule has 40 heavy (non-hydrogen) atoms. The number of benzene rings is 2. The first-order chi connectivity index (χ1) is 19.4. The quantitative estimate of drug-likeness (QED) is 0.214. The summed E-state index contributed by atoms with van der Waals surface area (Å²) >= 11 is 6.70. The summed E-state index contributed by atoms with van der Waals surface area (Å²) in [6.45, 7) is 4.78. The summed E-state index contributed by atoms with van der Waals surface area (Å²) in [5.74, 6) is 0.333. The summed E-state index contributed by atoms with van der Waals surface area (Å²) in [5.41, 5.74) is 3.11. The fourth-order valence-electron chi connectivity index (χ4n) is 6.55. The number of alkyl halides is 2. The van der Waals surface area contributed by atoms with Crippen LogP contribution in [0.3, 0.4) is 0 Å². The molecule has 1 saturated heterocycles. The largest absolute Gasteiger partial charge is 0.459 e. The molecule has 2 unspecified atom stereocenters. The molecule has 10 heteroatoms. The van der Waals surface area contributed by atoms with Crippen molar-refractivity contribution in [2.24, 2.45) is 5.92 Å². The highest BCUT2D eigenvalue weighted by atomic mass is 35.5. The Kier molecular flexibility index (Phi) is 6.29. The molecule has 2 fully saturated rings. The van der Waals surface area contributed by atoms with Crippen molar-refractivity contribution < 1.29 is 17.9 Å². The number of rotatable bonds is 5. The zero-order valence-electron chi connectivity index (χ0n) is 22.4. The third kappa shape index (κ3) is 4.17. The van der Waals surface area contributed by atoms with Crippen LogP contribution in [0.2, 0.25) is 5.02 Å². The normalized spacial score (nSPS) is 23.7. The Morgan fingerprint density at radius 3 is 2.67 bits per heavy atom. The van der Waals surface area contributed by atoms with Crippen molar-refractivity contribution in [3.8, 4) is 6.01 Å². The van der Waals surface area contributed by atoms with Gasteiger partial charge in [-0.25, -0.2) is 18.7 Å². The minimum Gasteiger partial charge on any atom is -0.459 e. The fraction of sp³-hybridized carbons (Fsp3) is 0.433. The van der Waals surface area contributed by atoms with Gasteiger partial charge in [-0.05, 0) is 49.9 Å². The van der Waals surface area contributed by atoms with Crippen LogP contribution in [-0.2, 0) is 0 Å². The number of aromatic nitrogens is 4. The second kappa shape index (κ2) is 9.87. The van der Waals surface area contributed by atoms with E-state index >= 15 is 0 Å². The van der Waals surface area contributed by atoms with E-state index in [1.165, 1.54) is 6.42 Å². The van der Waals surface area contributed by atoms with Crippen LogP contribution >= 0.6 is 11.6 Å². The van der Waals surface area contributed by atoms with Crippen molar-refractivity contribution in [2.45, 2.75) is 70.6 Å². The second-order valence-corrected chi connectivity index (χ2v) is 11.6. The monoisotopic (exact) mass is 565 g/mol. The molecule has 7 nitrogen and oxygen atoms in total. The van der Waals surface area contributed by atoms with E-state index in [9.17, 15) is 8.78 Å². The Bertz CT molecular complexity index is 1720. The molecule has 1 aliphatic heterocycles. The standard InChI is InChI=1S/C30H30ClF2N5O2/c1-16-8-3-5-12-22(16)38-25-20(31)10-7-11-21(25)34-30(38)39-18-14-17(2)37(15-18)29-26-24(35-28(36-29)27(32)33)19-9-4-6-13-23(19)40-26/h4,6-7,9-11,13,16-18,22,27H,3,5,8,12,14-15H2,1-2H3/t16?,17-,18+,22?/m1/s1. The van der Waals surface area contributed by atoms with Crippen molar-refractivity contribution >= 4 is 50.5 Å². The maximum atomic E-state index is 13.9. The van der Waals surface area contributed by atoms with Crippen molar-refractivity contribution in [1.29, 1.82) is 0 Å². The Labute approximate surface area is 235 Å². The molecule has 4 heterocycles. The number of halogens is 3.